The number of rotatable bonds is 3. The normalized spacial score (nSPS) is 20.8. The van der Waals surface area contributed by atoms with Gasteiger partial charge in [-0.25, -0.2) is 0 Å². The van der Waals surface area contributed by atoms with E-state index in [1.807, 2.05) is 0 Å². The van der Waals surface area contributed by atoms with Crippen LogP contribution in [0.25, 0.3) is 0 Å². The Labute approximate surface area is 92.9 Å². The van der Waals surface area contributed by atoms with Gasteiger partial charge in [-0.05, 0) is 55.8 Å². The van der Waals surface area contributed by atoms with Gasteiger partial charge in [-0.15, -0.1) is 0 Å². The zero-order chi connectivity index (χ0) is 10.7. The number of benzene rings is 1. The molecule has 15 heavy (non-hydrogen) atoms. The molecule has 1 aromatic rings. The number of aryl methyl sites for hydroxylation is 2. The van der Waals surface area contributed by atoms with Crippen LogP contribution in [0.2, 0.25) is 0 Å². The minimum absolute atomic E-state index is 0.718. The van der Waals surface area contributed by atoms with E-state index in [0.717, 1.165) is 12.5 Å². The maximum absolute atomic E-state index is 3.57. The van der Waals surface area contributed by atoms with Crippen molar-refractivity contribution in [3.8, 4) is 0 Å². The van der Waals surface area contributed by atoms with Gasteiger partial charge in [0.15, 0.2) is 0 Å². The van der Waals surface area contributed by atoms with E-state index in [2.05, 4.69) is 37.4 Å². The second-order valence-electron chi connectivity index (χ2n) is 4.61. The van der Waals surface area contributed by atoms with Crippen LogP contribution in [-0.4, -0.2) is 12.6 Å². The SMILES string of the molecule is CCc1ccc(C)c(CC2CCCN2)c1. The predicted octanol–water partition coefficient (Wildman–Crippen LogP) is 2.85. The highest BCUT2D eigenvalue weighted by atomic mass is 14.9. The monoisotopic (exact) mass is 203 g/mol. The average Bonchev–Trinajstić information content (AvgIpc) is 2.74. The molecule has 1 atom stereocenters. The molecule has 0 spiro atoms. The Morgan fingerprint density at radius 3 is 2.93 bits per heavy atom. The van der Waals surface area contributed by atoms with E-state index < -0.39 is 0 Å². The molecule has 1 aliphatic heterocycles. The molecule has 2 rings (SSSR count). The summed E-state index contributed by atoms with van der Waals surface area (Å²) in [5, 5.41) is 3.57. The highest BCUT2D eigenvalue weighted by Crippen LogP contribution is 2.17. The van der Waals surface area contributed by atoms with Gasteiger partial charge in [-0.1, -0.05) is 25.1 Å². The van der Waals surface area contributed by atoms with Gasteiger partial charge >= 0.3 is 0 Å². The molecule has 0 radical (unpaired) electrons. The Bertz CT molecular complexity index is 324. The molecular weight excluding hydrogens is 182 g/mol. The average molecular weight is 203 g/mol. The van der Waals surface area contributed by atoms with Crippen molar-refractivity contribution in [2.75, 3.05) is 6.54 Å². The lowest BCUT2D eigenvalue weighted by molar-refractivity contribution is 0.601. The van der Waals surface area contributed by atoms with Gasteiger partial charge in [0.2, 0.25) is 0 Å². The van der Waals surface area contributed by atoms with Crippen molar-refractivity contribution >= 4 is 0 Å². The van der Waals surface area contributed by atoms with Crippen LogP contribution in [-0.2, 0) is 12.8 Å². The first-order valence-corrected chi connectivity index (χ1v) is 6.11. The maximum atomic E-state index is 3.57. The molecule has 1 heterocycles. The Balaban J connectivity index is 2.11. The molecule has 1 heteroatoms. The second kappa shape index (κ2) is 4.80. The van der Waals surface area contributed by atoms with Gasteiger partial charge in [-0.2, -0.15) is 0 Å². The van der Waals surface area contributed by atoms with Crippen LogP contribution in [0.15, 0.2) is 18.2 Å². The molecule has 82 valence electrons. The van der Waals surface area contributed by atoms with Crippen LogP contribution in [0.5, 0.6) is 0 Å². The molecule has 1 N–H and O–H groups in total. The first kappa shape index (κ1) is 10.7. The Morgan fingerprint density at radius 1 is 1.40 bits per heavy atom. The van der Waals surface area contributed by atoms with Gasteiger partial charge in [0.05, 0.1) is 0 Å². The summed E-state index contributed by atoms with van der Waals surface area (Å²) in [5.74, 6) is 0. The summed E-state index contributed by atoms with van der Waals surface area (Å²) >= 11 is 0. The summed E-state index contributed by atoms with van der Waals surface area (Å²) in [5.41, 5.74) is 4.45. The van der Waals surface area contributed by atoms with Crippen molar-refractivity contribution < 1.29 is 0 Å². The number of nitrogens with one attached hydrogen (secondary N) is 1. The minimum atomic E-state index is 0.718. The summed E-state index contributed by atoms with van der Waals surface area (Å²) in [4.78, 5) is 0. The van der Waals surface area contributed by atoms with Crippen LogP contribution in [0, 0.1) is 6.92 Å². The fourth-order valence-corrected chi connectivity index (χ4v) is 2.36. The highest BCUT2D eigenvalue weighted by molar-refractivity contribution is 5.31. The topological polar surface area (TPSA) is 12.0 Å². The smallest absolute Gasteiger partial charge is 0.0108 e. The van der Waals surface area contributed by atoms with Gasteiger partial charge in [0.1, 0.15) is 0 Å². The fourth-order valence-electron chi connectivity index (χ4n) is 2.36. The molecule has 0 bridgehead atoms. The lowest BCUT2D eigenvalue weighted by atomic mass is 9.97. The Morgan fingerprint density at radius 2 is 2.27 bits per heavy atom. The predicted molar refractivity (Wildman–Crippen MR) is 65.3 cm³/mol. The summed E-state index contributed by atoms with van der Waals surface area (Å²) in [7, 11) is 0. The number of hydrogen-bond acceptors (Lipinski definition) is 1. The van der Waals surface area contributed by atoms with Crippen molar-refractivity contribution in [1.82, 2.24) is 5.32 Å². The fraction of sp³-hybridized carbons (Fsp3) is 0.571. The number of hydrogen-bond donors (Lipinski definition) is 1. The molecule has 0 saturated carbocycles. The zero-order valence-electron chi connectivity index (χ0n) is 9.84. The third-order valence-electron chi connectivity index (χ3n) is 3.45. The van der Waals surface area contributed by atoms with E-state index in [0.29, 0.717) is 0 Å². The summed E-state index contributed by atoms with van der Waals surface area (Å²) < 4.78 is 0. The highest BCUT2D eigenvalue weighted by Gasteiger charge is 2.15. The molecule has 1 saturated heterocycles. The first-order chi connectivity index (χ1) is 7.29. The van der Waals surface area contributed by atoms with Crippen molar-refractivity contribution in [1.29, 1.82) is 0 Å². The van der Waals surface area contributed by atoms with E-state index in [1.54, 1.807) is 0 Å². The van der Waals surface area contributed by atoms with Crippen molar-refractivity contribution in [3.63, 3.8) is 0 Å². The zero-order valence-corrected chi connectivity index (χ0v) is 9.84. The third-order valence-corrected chi connectivity index (χ3v) is 3.45. The standard InChI is InChI=1S/C14H21N/c1-3-12-7-6-11(2)13(9-12)10-14-5-4-8-15-14/h6-7,9,14-15H,3-5,8,10H2,1-2H3. The third kappa shape index (κ3) is 2.60. The van der Waals surface area contributed by atoms with E-state index in [-0.39, 0.29) is 0 Å². The second-order valence-corrected chi connectivity index (χ2v) is 4.61. The summed E-state index contributed by atoms with van der Waals surface area (Å²) in [6, 6.07) is 7.62. The van der Waals surface area contributed by atoms with Crippen molar-refractivity contribution in [3.05, 3.63) is 34.9 Å². The van der Waals surface area contributed by atoms with E-state index in [1.165, 1.54) is 42.5 Å². The van der Waals surface area contributed by atoms with Gasteiger partial charge < -0.3 is 5.32 Å². The Hall–Kier alpha value is -0.820. The van der Waals surface area contributed by atoms with Crippen LogP contribution < -0.4 is 5.32 Å². The lowest BCUT2D eigenvalue weighted by Gasteiger charge is -2.13. The molecular formula is C14H21N. The van der Waals surface area contributed by atoms with Gasteiger partial charge in [0.25, 0.3) is 0 Å². The lowest BCUT2D eigenvalue weighted by Crippen LogP contribution is -2.24. The molecule has 1 aliphatic rings. The van der Waals surface area contributed by atoms with Crippen LogP contribution >= 0.6 is 0 Å². The van der Waals surface area contributed by atoms with E-state index >= 15 is 0 Å². The first-order valence-electron chi connectivity index (χ1n) is 6.11. The Kier molecular flexibility index (Phi) is 3.42. The van der Waals surface area contributed by atoms with Crippen LogP contribution in [0.1, 0.15) is 36.5 Å². The maximum Gasteiger partial charge on any atom is 0.0108 e. The molecule has 1 unspecified atom stereocenters. The molecule has 0 amide bonds. The molecule has 1 nitrogen and oxygen atoms in total. The van der Waals surface area contributed by atoms with Crippen LogP contribution in [0.4, 0.5) is 0 Å². The summed E-state index contributed by atoms with van der Waals surface area (Å²) in [6.07, 6.45) is 5.04. The van der Waals surface area contributed by atoms with Crippen molar-refractivity contribution in [2.45, 2.75) is 45.6 Å². The molecule has 1 aromatic carbocycles. The minimum Gasteiger partial charge on any atom is -0.314 e. The van der Waals surface area contributed by atoms with Gasteiger partial charge in [0, 0.05) is 6.04 Å². The quantitative estimate of drug-likeness (QED) is 0.796. The molecule has 0 aliphatic carbocycles. The van der Waals surface area contributed by atoms with Gasteiger partial charge in [-0.3, -0.25) is 0 Å². The van der Waals surface area contributed by atoms with Crippen LogP contribution in [0.3, 0.4) is 0 Å². The molecule has 1 fully saturated rings. The summed E-state index contributed by atoms with van der Waals surface area (Å²) in [6.45, 7) is 5.66. The molecule has 0 aromatic heterocycles. The van der Waals surface area contributed by atoms with E-state index in [4.69, 9.17) is 0 Å². The van der Waals surface area contributed by atoms with E-state index in [9.17, 15) is 0 Å². The van der Waals surface area contributed by atoms with Crippen molar-refractivity contribution in [2.24, 2.45) is 0 Å². The largest absolute Gasteiger partial charge is 0.314 e.